The standard InChI is InChI=1S/C13H11ClFN3S/c14-9-6-12-11(7-10(9)15)17-13(16)18(12)4-3-8-2-1-5-19-8/h1-2,5-7H,3-4H2,(H2,16,17). The van der Waals surface area contributed by atoms with E-state index in [4.69, 9.17) is 17.3 Å². The second-order valence-electron chi connectivity index (χ2n) is 4.21. The van der Waals surface area contributed by atoms with Gasteiger partial charge in [0, 0.05) is 17.5 Å². The van der Waals surface area contributed by atoms with Crippen LogP contribution in [0.3, 0.4) is 0 Å². The fourth-order valence-corrected chi connectivity index (χ4v) is 2.91. The molecule has 0 spiro atoms. The van der Waals surface area contributed by atoms with Crippen LogP contribution in [0.15, 0.2) is 29.6 Å². The van der Waals surface area contributed by atoms with E-state index in [-0.39, 0.29) is 5.02 Å². The molecule has 3 nitrogen and oxygen atoms in total. The molecule has 3 rings (SSSR count). The highest BCUT2D eigenvalue weighted by Crippen LogP contribution is 2.25. The molecule has 2 heterocycles. The Kier molecular flexibility index (Phi) is 3.16. The smallest absolute Gasteiger partial charge is 0.201 e. The van der Waals surface area contributed by atoms with E-state index in [1.165, 1.54) is 10.9 Å². The molecule has 0 aliphatic heterocycles. The van der Waals surface area contributed by atoms with Gasteiger partial charge in [0.05, 0.1) is 16.1 Å². The third-order valence-corrected chi connectivity index (χ3v) is 4.21. The van der Waals surface area contributed by atoms with Gasteiger partial charge in [0.25, 0.3) is 0 Å². The second-order valence-corrected chi connectivity index (χ2v) is 5.65. The van der Waals surface area contributed by atoms with Gasteiger partial charge in [-0.1, -0.05) is 17.7 Å². The maximum atomic E-state index is 13.4. The highest BCUT2D eigenvalue weighted by Gasteiger charge is 2.11. The quantitative estimate of drug-likeness (QED) is 0.800. The van der Waals surface area contributed by atoms with Crippen molar-refractivity contribution < 1.29 is 4.39 Å². The number of nitrogens with zero attached hydrogens (tertiary/aromatic N) is 2. The molecular weight excluding hydrogens is 285 g/mol. The Morgan fingerprint density at radius 1 is 1.42 bits per heavy atom. The Balaban J connectivity index is 1.98. The normalized spacial score (nSPS) is 11.3. The van der Waals surface area contributed by atoms with E-state index in [1.807, 2.05) is 16.0 Å². The first-order chi connectivity index (χ1) is 9.15. The summed E-state index contributed by atoms with van der Waals surface area (Å²) < 4.78 is 15.2. The molecule has 0 unspecified atom stereocenters. The Morgan fingerprint density at radius 2 is 2.26 bits per heavy atom. The molecule has 0 radical (unpaired) electrons. The average Bonchev–Trinajstić information content (AvgIpc) is 2.96. The van der Waals surface area contributed by atoms with Gasteiger partial charge in [-0.25, -0.2) is 9.37 Å². The number of hydrogen-bond donors (Lipinski definition) is 1. The van der Waals surface area contributed by atoms with E-state index in [1.54, 1.807) is 17.4 Å². The van der Waals surface area contributed by atoms with Crippen LogP contribution in [0.2, 0.25) is 5.02 Å². The number of aromatic nitrogens is 2. The minimum atomic E-state index is -0.475. The first-order valence-electron chi connectivity index (χ1n) is 5.78. The van der Waals surface area contributed by atoms with E-state index in [0.717, 1.165) is 11.9 Å². The molecule has 2 aromatic heterocycles. The Labute approximate surface area is 118 Å². The second kappa shape index (κ2) is 4.83. The Morgan fingerprint density at radius 3 is 3.00 bits per heavy atom. The first kappa shape index (κ1) is 12.4. The SMILES string of the molecule is Nc1nc2cc(F)c(Cl)cc2n1CCc1cccs1. The zero-order chi connectivity index (χ0) is 13.4. The van der Waals surface area contributed by atoms with Crippen molar-refractivity contribution in [2.45, 2.75) is 13.0 Å². The minimum Gasteiger partial charge on any atom is -0.369 e. The number of imidazole rings is 1. The molecule has 0 fully saturated rings. The van der Waals surface area contributed by atoms with Crippen LogP contribution >= 0.6 is 22.9 Å². The number of anilines is 1. The van der Waals surface area contributed by atoms with Crippen molar-refractivity contribution in [1.29, 1.82) is 0 Å². The lowest BCUT2D eigenvalue weighted by Crippen LogP contribution is -2.05. The number of rotatable bonds is 3. The summed E-state index contributed by atoms with van der Waals surface area (Å²) in [5, 5.41) is 2.13. The van der Waals surface area contributed by atoms with Crippen LogP contribution in [-0.2, 0) is 13.0 Å². The highest BCUT2D eigenvalue weighted by molar-refractivity contribution is 7.09. The monoisotopic (exact) mass is 295 g/mol. The van der Waals surface area contributed by atoms with Gasteiger partial charge < -0.3 is 10.3 Å². The fourth-order valence-electron chi connectivity index (χ4n) is 2.05. The summed E-state index contributed by atoms with van der Waals surface area (Å²) in [5.74, 6) is -0.0923. The largest absolute Gasteiger partial charge is 0.369 e. The molecule has 0 bridgehead atoms. The molecule has 0 saturated carbocycles. The summed E-state index contributed by atoms with van der Waals surface area (Å²) in [7, 11) is 0. The van der Waals surface area contributed by atoms with Crippen LogP contribution in [0.1, 0.15) is 4.88 Å². The van der Waals surface area contributed by atoms with Crippen LogP contribution in [0.4, 0.5) is 10.3 Å². The van der Waals surface area contributed by atoms with E-state index < -0.39 is 5.82 Å². The summed E-state index contributed by atoms with van der Waals surface area (Å²) >= 11 is 7.51. The van der Waals surface area contributed by atoms with Gasteiger partial charge >= 0.3 is 0 Å². The minimum absolute atomic E-state index is 0.0878. The van der Waals surface area contributed by atoms with Gasteiger partial charge in [0.15, 0.2) is 0 Å². The molecular formula is C13H11ClFN3S. The first-order valence-corrected chi connectivity index (χ1v) is 7.04. The van der Waals surface area contributed by atoms with Crippen molar-refractivity contribution in [3.63, 3.8) is 0 Å². The van der Waals surface area contributed by atoms with Gasteiger partial charge in [-0.05, 0) is 23.9 Å². The fraction of sp³-hybridized carbons (Fsp3) is 0.154. The van der Waals surface area contributed by atoms with Crippen LogP contribution in [0.25, 0.3) is 11.0 Å². The number of nitrogens with two attached hydrogens (primary N) is 1. The number of hydrogen-bond acceptors (Lipinski definition) is 3. The van der Waals surface area contributed by atoms with Crippen LogP contribution < -0.4 is 5.73 Å². The maximum absolute atomic E-state index is 13.4. The molecule has 1 aromatic carbocycles. The van der Waals surface area contributed by atoms with Gasteiger partial charge in [-0.3, -0.25) is 0 Å². The maximum Gasteiger partial charge on any atom is 0.201 e. The van der Waals surface area contributed by atoms with Crippen molar-refractivity contribution in [1.82, 2.24) is 9.55 Å². The summed E-state index contributed by atoms with van der Waals surface area (Å²) in [6.07, 6.45) is 0.863. The summed E-state index contributed by atoms with van der Waals surface area (Å²) in [4.78, 5) is 5.43. The lowest BCUT2D eigenvalue weighted by atomic mass is 10.3. The van der Waals surface area contributed by atoms with Gasteiger partial charge in [-0.15, -0.1) is 11.3 Å². The molecule has 98 valence electrons. The number of nitrogen functional groups attached to an aromatic ring is 1. The lowest BCUT2D eigenvalue weighted by molar-refractivity contribution is 0.629. The Bertz CT molecular complexity index is 721. The molecule has 0 aliphatic carbocycles. The third kappa shape index (κ3) is 2.31. The van der Waals surface area contributed by atoms with E-state index in [9.17, 15) is 4.39 Å². The molecule has 3 aromatic rings. The van der Waals surface area contributed by atoms with Crippen LogP contribution in [0, 0.1) is 5.82 Å². The number of thiophene rings is 1. The predicted octanol–water partition coefficient (Wildman–Crippen LogP) is 3.72. The van der Waals surface area contributed by atoms with Crippen LogP contribution in [-0.4, -0.2) is 9.55 Å². The molecule has 0 atom stereocenters. The van der Waals surface area contributed by atoms with Gasteiger partial charge in [0.1, 0.15) is 5.82 Å². The van der Waals surface area contributed by atoms with E-state index >= 15 is 0 Å². The summed E-state index contributed by atoms with van der Waals surface area (Å²) in [6, 6.07) is 6.98. The zero-order valence-electron chi connectivity index (χ0n) is 9.94. The molecule has 0 saturated heterocycles. The van der Waals surface area contributed by atoms with Gasteiger partial charge in [0.2, 0.25) is 5.95 Å². The average molecular weight is 296 g/mol. The molecule has 0 aliphatic rings. The topological polar surface area (TPSA) is 43.8 Å². The number of benzene rings is 1. The van der Waals surface area contributed by atoms with E-state index in [0.29, 0.717) is 18.0 Å². The van der Waals surface area contributed by atoms with Crippen molar-refractivity contribution >= 4 is 39.9 Å². The van der Waals surface area contributed by atoms with Crippen molar-refractivity contribution in [3.8, 4) is 0 Å². The highest BCUT2D eigenvalue weighted by atomic mass is 35.5. The molecule has 0 amide bonds. The number of aryl methyl sites for hydroxylation is 2. The molecule has 6 heteroatoms. The summed E-state index contributed by atoms with van der Waals surface area (Å²) in [6.45, 7) is 0.699. The zero-order valence-corrected chi connectivity index (χ0v) is 11.5. The number of fused-ring (bicyclic) bond motifs is 1. The Hall–Kier alpha value is -1.59. The summed E-state index contributed by atoms with van der Waals surface area (Å²) in [5.41, 5.74) is 7.18. The van der Waals surface area contributed by atoms with Crippen molar-refractivity contribution in [3.05, 3.63) is 45.4 Å². The predicted molar refractivity (Wildman–Crippen MR) is 77.1 cm³/mol. The van der Waals surface area contributed by atoms with Crippen LogP contribution in [0.5, 0.6) is 0 Å². The third-order valence-electron chi connectivity index (χ3n) is 2.98. The molecule has 2 N–H and O–H groups in total. The number of halogens is 2. The van der Waals surface area contributed by atoms with Gasteiger partial charge in [-0.2, -0.15) is 0 Å². The van der Waals surface area contributed by atoms with Crippen molar-refractivity contribution in [2.24, 2.45) is 0 Å². The lowest BCUT2D eigenvalue weighted by Gasteiger charge is -2.05. The van der Waals surface area contributed by atoms with Crippen molar-refractivity contribution in [2.75, 3.05) is 5.73 Å². The van der Waals surface area contributed by atoms with E-state index in [2.05, 4.69) is 11.1 Å². The molecule has 19 heavy (non-hydrogen) atoms.